The summed E-state index contributed by atoms with van der Waals surface area (Å²) in [6.07, 6.45) is 0. The summed E-state index contributed by atoms with van der Waals surface area (Å²) in [5.41, 5.74) is 1.08. The fourth-order valence-corrected chi connectivity index (χ4v) is 3.45. The van der Waals surface area contributed by atoms with Crippen molar-refractivity contribution in [1.29, 1.82) is 0 Å². The molecule has 2 rings (SSSR count). The lowest BCUT2D eigenvalue weighted by atomic mass is 10.1. The molecule has 4 heteroatoms. The third kappa shape index (κ3) is 2.27. The molecule has 1 heterocycles. The van der Waals surface area contributed by atoms with Gasteiger partial charge < -0.3 is 9.64 Å². The van der Waals surface area contributed by atoms with Crippen molar-refractivity contribution >= 4 is 17.7 Å². The molecule has 1 aromatic rings. The van der Waals surface area contributed by atoms with Crippen LogP contribution in [0.15, 0.2) is 24.3 Å². The smallest absolute Gasteiger partial charge is 0.234 e. The maximum absolute atomic E-state index is 11.9. The van der Waals surface area contributed by atoms with Crippen molar-refractivity contribution in [3.8, 4) is 5.75 Å². The molecule has 1 atom stereocenters. The van der Waals surface area contributed by atoms with Crippen LogP contribution in [0.1, 0.15) is 24.8 Å². The van der Waals surface area contributed by atoms with Gasteiger partial charge in [0.05, 0.1) is 12.9 Å². The minimum Gasteiger partial charge on any atom is -0.496 e. The van der Waals surface area contributed by atoms with E-state index < -0.39 is 0 Å². The van der Waals surface area contributed by atoms with Crippen LogP contribution in [0.2, 0.25) is 0 Å². The Bertz CT molecular complexity index is 420. The van der Waals surface area contributed by atoms with Crippen LogP contribution in [0.5, 0.6) is 5.75 Å². The lowest BCUT2D eigenvalue weighted by molar-refractivity contribution is -0.129. The van der Waals surface area contributed by atoms with Gasteiger partial charge in [0.2, 0.25) is 5.91 Å². The predicted octanol–water partition coefficient (Wildman–Crippen LogP) is 2.68. The van der Waals surface area contributed by atoms with E-state index >= 15 is 0 Å². The van der Waals surface area contributed by atoms with E-state index in [0.717, 1.165) is 11.3 Å². The number of carbonyl (C=O) groups excluding carboxylic acids is 1. The highest BCUT2D eigenvalue weighted by atomic mass is 32.2. The van der Waals surface area contributed by atoms with Gasteiger partial charge in [0.25, 0.3) is 0 Å². The molecule has 0 spiro atoms. The zero-order chi connectivity index (χ0) is 12.4. The van der Waals surface area contributed by atoms with E-state index in [1.165, 1.54) is 0 Å². The van der Waals surface area contributed by atoms with Gasteiger partial charge in [0.15, 0.2) is 0 Å². The largest absolute Gasteiger partial charge is 0.496 e. The fourth-order valence-electron chi connectivity index (χ4n) is 2.10. The molecule has 1 amide bonds. The maximum Gasteiger partial charge on any atom is 0.234 e. The number of benzene rings is 1. The van der Waals surface area contributed by atoms with Crippen molar-refractivity contribution in [3.63, 3.8) is 0 Å². The molecular formula is C13H17NO2S. The van der Waals surface area contributed by atoms with Gasteiger partial charge in [-0.3, -0.25) is 4.79 Å². The van der Waals surface area contributed by atoms with Crippen LogP contribution < -0.4 is 4.74 Å². The number of amides is 1. The van der Waals surface area contributed by atoms with Crippen LogP contribution >= 0.6 is 11.8 Å². The molecule has 1 unspecified atom stereocenters. The molecular weight excluding hydrogens is 234 g/mol. The number of thioether (sulfide) groups is 1. The van der Waals surface area contributed by atoms with E-state index in [0.29, 0.717) is 5.75 Å². The molecule has 1 aliphatic rings. The maximum atomic E-state index is 11.9. The average molecular weight is 251 g/mol. The van der Waals surface area contributed by atoms with Crippen molar-refractivity contribution in [1.82, 2.24) is 4.90 Å². The summed E-state index contributed by atoms with van der Waals surface area (Å²) in [5, 5.41) is 0.0821. The fraction of sp³-hybridized carbons (Fsp3) is 0.462. The molecule has 0 N–H and O–H groups in total. The normalized spacial score (nSPS) is 20.1. The molecule has 0 aromatic heterocycles. The summed E-state index contributed by atoms with van der Waals surface area (Å²) in [6.45, 7) is 4.10. The second kappa shape index (κ2) is 5.00. The number of rotatable bonds is 3. The first-order chi connectivity index (χ1) is 8.15. The molecule has 3 nitrogen and oxygen atoms in total. The molecule has 1 aromatic carbocycles. The first-order valence-electron chi connectivity index (χ1n) is 5.71. The van der Waals surface area contributed by atoms with Gasteiger partial charge >= 0.3 is 0 Å². The Morgan fingerprint density at radius 3 is 2.76 bits per heavy atom. The lowest BCUT2D eigenvalue weighted by Crippen LogP contribution is -2.34. The summed E-state index contributed by atoms with van der Waals surface area (Å²) in [6, 6.07) is 8.12. The van der Waals surface area contributed by atoms with Gasteiger partial charge in [-0.2, -0.15) is 0 Å². The first kappa shape index (κ1) is 12.3. The summed E-state index contributed by atoms with van der Waals surface area (Å²) in [7, 11) is 1.67. The Kier molecular flexibility index (Phi) is 3.62. The zero-order valence-corrected chi connectivity index (χ0v) is 11.2. The van der Waals surface area contributed by atoms with Gasteiger partial charge in [-0.1, -0.05) is 18.2 Å². The van der Waals surface area contributed by atoms with Crippen molar-refractivity contribution in [2.75, 3.05) is 12.9 Å². The van der Waals surface area contributed by atoms with Crippen molar-refractivity contribution in [2.24, 2.45) is 0 Å². The molecule has 1 fully saturated rings. The van der Waals surface area contributed by atoms with Gasteiger partial charge in [-0.05, 0) is 19.9 Å². The molecule has 92 valence electrons. The second-order valence-corrected chi connectivity index (χ2v) is 5.37. The standard InChI is InChI=1S/C13H17NO2S/c1-9(2)14-12(15)8-17-13(14)10-6-4-5-7-11(10)16-3/h4-7,9,13H,8H2,1-3H3. The van der Waals surface area contributed by atoms with E-state index in [-0.39, 0.29) is 17.3 Å². The van der Waals surface area contributed by atoms with Gasteiger partial charge in [-0.25, -0.2) is 0 Å². The average Bonchev–Trinajstić information content (AvgIpc) is 2.71. The Morgan fingerprint density at radius 2 is 2.12 bits per heavy atom. The van der Waals surface area contributed by atoms with Crippen LogP contribution in [0.25, 0.3) is 0 Å². The topological polar surface area (TPSA) is 29.5 Å². The van der Waals surface area contributed by atoms with Crippen LogP contribution in [0.3, 0.4) is 0 Å². The van der Waals surface area contributed by atoms with Crippen molar-refractivity contribution in [3.05, 3.63) is 29.8 Å². The van der Waals surface area contributed by atoms with Crippen LogP contribution in [-0.4, -0.2) is 29.7 Å². The second-order valence-electron chi connectivity index (χ2n) is 4.30. The number of hydrogen-bond donors (Lipinski definition) is 0. The third-order valence-electron chi connectivity index (χ3n) is 2.87. The predicted molar refractivity (Wildman–Crippen MR) is 70.2 cm³/mol. The number of methoxy groups -OCH3 is 1. The molecule has 0 radical (unpaired) electrons. The molecule has 0 saturated carbocycles. The SMILES string of the molecule is COc1ccccc1C1SCC(=O)N1C(C)C. The number of hydrogen-bond acceptors (Lipinski definition) is 3. The highest BCUT2D eigenvalue weighted by molar-refractivity contribution is 8.00. The Labute approximate surface area is 106 Å². The Balaban J connectivity index is 2.36. The molecule has 1 saturated heterocycles. The molecule has 1 aliphatic heterocycles. The monoisotopic (exact) mass is 251 g/mol. The Morgan fingerprint density at radius 1 is 1.41 bits per heavy atom. The minimum absolute atomic E-state index is 0.0821. The summed E-state index contributed by atoms with van der Waals surface area (Å²) >= 11 is 1.67. The van der Waals surface area contributed by atoms with E-state index in [1.54, 1.807) is 18.9 Å². The first-order valence-corrected chi connectivity index (χ1v) is 6.75. The number of ether oxygens (including phenoxy) is 1. The van der Waals surface area contributed by atoms with E-state index in [1.807, 2.05) is 43.0 Å². The summed E-state index contributed by atoms with van der Waals surface area (Å²) in [4.78, 5) is 13.8. The summed E-state index contributed by atoms with van der Waals surface area (Å²) in [5.74, 6) is 1.62. The molecule has 0 bridgehead atoms. The molecule has 17 heavy (non-hydrogen) atoms. The van der Waals surface area contributed by atoms with Crippen LogP contribution in [-0.2, 0) is 4.79 Å². The molecule has 0 aliphatic carbocycles. The zero-order valence-electron chi connectivity index (χ0n) is 10.3. The van der Waals surface area contributed by atoms with Gasteiger partial charge in [0, 0.05) is 11.6 Å². The van der Waals surface area contributed by atoms with Crippen LogP contribution in [0.4, 0.5) is 0 Å². The number of para-hydroxylation sites is 1. The van der Waals surface area contributed by atoms with E-state index in [9.17, 15) is 4.79 Å². The summed E-state index contributed by atoms with van der Waals surface area (Å²) < 4.78 is 5.37. The van der Waals surface area contributed by atoms with Crippen molar-refractivity contribution in [2.45, 2.75) is 25.3 Å². The van der Waals surface area contributed by atoms with E-state index in [4.69, 9.17) is 4.74 Å². The highest BCUT2D eigenvalue weighted by Crippen LogP contribution is 2.43. The minimum atomic E-state index is 0.0821. The number of carbonyl (C=O) groups is 1. The third-order valence-corrected chi connectivity index (χ3v) is 4.08. The van der Waals surface area contributed by atoms with Crippen LogP contribution in [0, 0.1) is 0 Å². The lowest BCUT2D eigenvalue weighted by Gasteiger charge is -2.28. The van der Waals surface area contributed by atoms with Crippen molar-refractivity contribution < 1.29 is 9.53 Å². The quantitative estimate of drug-likeness (QED) is 0.827. The van der Waals surface area contributed by atoms with E-state index in [2.05, 4.69) is 0 Å². The Hall–Kier alpha value is -1.16. The number of nitrogens with zero attached hydrogens (tertiary/aromatic N) is 1. The van der Waals surface area contributed by atoms with Gasteiger partial charge in [-0.15, -0.1) is 11.8 Å². The van der Waals surface area contributed by atoms with Gasteiger partial charge in [0.1, 0.15) is 11.1 Å². The highest BCUT2D eigenvalue weighted by Gasteiger charge is 2.35.